The molecule has 1 aromatic carbocycles. The molecule has 1 aliphatic rings. The predicted molar refractivity (Wildman–Crippen MR) is 91.4 cm³/mol. The van der Waals surface area contributed by atoms with Crippen LogP contribution in [0.2, 0.25) is 5.02 Å². The lowest BCUT2D eigenvalue weighted by molar-refractivity contribution is 0.726. The van der Waals surface area contributed by atoms with Gasteiger partial charge in [0.05, 0.1) is 10.9 Å². The van der Waals surface area contributed by atoms with E-state index in [2.05, 4.69) is 15.1 Å². The van der Waals surface area contributed by atoms with Crippen LogP contribution in [0, 0.1) is 0 Å². The summed E-state index contributed by atoms with van der Waals surface area (Å²) in [5.41, 5.74) is 0.679. The van der Waals surface area contributed by atoms with Crippen molar-refractivity contribution in [3.63, 3.8) is 0 Å². The largest absolute Gasteiger partial charge is 0.341 e. The third-order valence-electron chi connectivity index (χ3n) is 4.55. The molecule has 7 heteroatoms. The first-order chi connectivity index (χ1) is 11.2. The van der Waals surface area contributed by atoms with Gasteiger partial charge in [0, 0.05) is 25.2 Å². The van der Waals surface area contributed by atoms with Crippen molar-refractivity contribution in [1.82, 2.24) is 19.2 Å². The molecule has 120 valence electrons. The van der Waals surface area contributed by atoms with E-state index in [1.54, 1.807) is 23.7 Å². The van der Waals surface area contributed by atoms with Crippen LogP contribution in [0.15, 0.2) is 23.0 Å². The van der Waals surface area contributed by atoms with Gasteiger partial charge in [-0.2, -0.15) is 0 Å². The Morgan fingerprint density at radius 1 is 1.09 bits per heavy atom. The summed E-state index contributed by atoms with van der Waals surface area (Å²) in [5.74, 6) is 1.34. The van der Waals surface area contributed by atoms with Gasteiger partial charge < -0.3 is 4.90 Å². The van der Waals surface area contributed by atoms with Gasteiger partial charge in [-0.15, -0.1) is 10.2 Å². The summed E-state index contributed by atoms with van der Waals surface area (Å²) in [7, 11) is 1.73. The molecule has 23 heavy (non-hydrogen) atoms. The van der Waals surface area contributed by atoms with E-state index in [4.69, 9.17) is 11.6 Å². The minimum Gasteiger partial charge on any atom is -0.341 e. The van der Waals surface area contributed by atoms with Crippen LogP contribution in [0.4, 0.5) is 5.95 Å². The molecule has 1 fully saturated rings. The molecule has 0 saturated carbocycles. The molecular formula is C16H18ClN5O. The van der Waals surface area contributed by atoms with Crippen LogP contribution in [0.5, 0.6) is 0 Å². The molecule has 4 rings (SSSR count). The molecule has 0 bridgehead atoms. The van der Waals surface area contributed by atoms with Crippen LogP contribution in [-0.2, 0) is 7.05 Å². The van der Waals surface area contributed by atoms with Gasteiger partial charge in [-0.1, -0.05) is 24.4 Å². The average Bonchev–Trinajstić information content (AvgIpc) is 2.81. The molecule has 6 nitrogen and oxygen atoms in total. The number of aryl methyl sites for hydroxylation is 1. The normalized spacial score (nSPS) is 16.2. The summed E-state index contributed by atoms with van der Waals surface area (Å²) < 4.78 is 3.50. The zero-order chi connectivity index (χ0) is 16.0. The third kappa shape index (κ3) is 2.28. The second-order valence-corrected chi connectivity index (χ2v) is 6.50. The van der Waals surface area contributed by atoms with E-state index in [1.165, 1.54) is 12.8 Å². The molecule has 2 aromatic heterocycles. The van der Waals surface area contributed by atoms with Crippen molar-refractivity contribution in [2.75, 3.05) is 18.0 Å². The number of benzene rings is 1. The van der Waals surface area contributed by atoms with E-state index in [-0.39, 0.29) is 5.56 Å². The summed E-state index contributed by atoms with van der Waals surface area (Å²) in [4.78, 5) is 14.8. The maximum Gasteiger partial charge on any atom is 0.262 e. The first-order valence-corrected chi connectivity index (χ1v) is 8.33. The Kier molecular flexibility index (Phi) is 3.49. The van der Waals surface area contributed by atoms with Crippen molar-refractivity contribution in [3.05, 3.63) is 33.6 Å². The van der Waals surface area contributed by atoms with Crippen molar-refractivity contribution in [1.29, 1.82) is 0 Å². The van der Waals surface area contributed by atoms with Gasteiger partial charge >= 0.3 is 0 Å². The maximum absolute atomic E-state index is 12.5. The summed E-state index contributed by atoms with van der Waals surface area (Å²) in [6.07, 6.45) is 4.80. The Hall–Kier alpha value is -2.08. The highest BCUT2D eigenvalue weighted by atomic mass is 35.5. The number of aromatic nitrogens is 4. The van der Waals surface area contributed by atoms with Crippen molar-refractivity contribution >= 4 is 34.2 Å². The van der Waals surface area contributed by atoms with E-state index in [1.807, 2.05) is 10.5 Å². The third-order valence-corrected chi connectivity index (χ3v) is 4.79. The van der Waals surface area contributed by atoms with E-state index in [0.29, 0.717) is 16.2 Å². The molecular weight excluding hydrogens is 314 g/mol. The molecule has 0 unspecified atom stereocenters. The van der Waals surface area contributed by atoms with Gasteiger partial charge in [-0.05, 0) is 31.0 Å². The van der Waals surface area contributed by atoms with Crippen molar-refractivity contribution in [2.45, 2.75) is 25.7 Å². The number of hydrogen-bond donors (Lipinski definition) is 0. The molecule has 0 amide bonds. The molecule has 3 aromatic rings. The fourth-order valence-electron chi connectivity index (χ4n) is 3.32. The quantitative estimate of drug-likeness (QED) is 0.688. The van der Waals surface area contributed by atoms with Crippen molar-refractivity contribution in [2.24, 2.45) is 7.05 Å². The maximum atomic E-state index is 12.5. The first-order valence-electron chi connectivity index (χ1n) is 7.95. The van der Waals surface area contributed by atoms with Crippen LogP contribution in [0.25, 0.3) is 16.7 Å². The zero-order valence-electron chi connectivity index (χ0n) is 13.0. The standard InChI is InChI=1S/C16H18ClN5O/c1-20-14(23)12-7-6-11(17)10-13(12)22-15(20)18-19-16(22)21-8-4-2-3-5-9-21/h6-7,10H,2-5,8-9H2,1H3. The molecule has 0 N–H and O–H groups in total. The minimum absolute atomic E-state index is 0.0843. The highest BCUT2D eigenvalue weighted by Crippen LogP contribution is 2.24. The van der Waals surface area contributed by atoms with E-state index < -0.39 is 0 Å². The SMILES string of the molecule is Cn1c(=O)c2ccc(Cl)cc2n2c(N3CCCCCC3)nnc12. The van der Waals surface area contributed by atoms with Gasteiger partial charge in [0.2, 0.25) is 11.7 Å². The Morgan fingerprint density at radius 3 is 2.57 bits per heavy atom. The second kappa shape index (κ2) is 5.53. The van der Waals surface area contributed by atoms with Gasteiger partial charge in [0.25, 0.3) is 5.56 Å². The Morgan fingerprint density at radius 2 is 1.83 bits per heavy atom. The molecule has 0 aliphatic carbocycles. The highest BCUT2D eigenvalue weighted by molar-refractivity contribution is 6.31. The zero-order valence-corrected chi connectivity index (χ0v) is 13.8. The number of hydrogen-bond acceptors (Lipinski definition) is 4. The topological polar surface area (TPSA) is 55.4 Å². The van der Waals surface area contributed by atoms with E-state index >= 15 is 0 Å². The summed E-state index contributed by atoms with van der Waals surface area (Å²) in [6.45, 7) is 1.93. The smallest absolute Gasteiger partial charge is 0.262 e. The van der Waals surface area contributed by atoms with Crippen LogP contribution < -0.4 is 10.5 Å². The Labute approximate surface area is 138 Å². The number of anilines is 1. The molecule has 3 heterocycles. The lowest BCUT2D eigenvalue weighted by Gasteiger charge is -2.20. The molecule has 0 atom stereocenters. The van der Waals surface area contributed by atoms with Crippen molar-refractivity contribution in [3.8, 4) is 0 Å². The van der Waals surface area contributed by atoms with Crippen LogP contribution in [0.3, 0.4) is 0 Å². The number of halogens is 1. The number of rotatable bonds is 1. The van der Waals surface area contributed by atoms with Crippen LogP contribution in [-0.4, -0.2) is 32.3 Å². The monoisotopic (exact) mass is 331 g/mol. The predicted octanol–water partition coefficient (Wildman–Crippen LogP) is 2.62. The van der Waals surface area contributed by atoms with Gasteiger partial charge in [-0.25, -0.2) is 4.40 Å². The van der Waals surface area contributed by atoms with Gasteiger partial charge in [0.1, 0.15) is 0 Å². The number of nitrogens with zero attached hydrogens (tertiary/aromatic N) is 5. The van der Waals surface area contributed by atoms with Gasteiger partial charge in [-0.3, -0.25) is 9.36 Å². The second-order valence-electron chi connectivity index (χ2n) is 6.06. The fraction of sp³-hybridized carbons (Fsp3) is 0.438. The fourth-order valence-corrected chi connectivity index (χ4v) is 3.48. The molecule has 0 radical (unpaired) electrons. The van der Waals surface area contributed by atoms with Gasteiger partial charge in [0.15, 0.2) is 0 Å². The average molecular weight is 332 g/mol. The summed E-state index contributed by atoms with van der Waals surface area (Å²) in [6, 6.07) is 5.33. The highest BCUT2D eigenvalue weighted by Gasteiger charge is 2.20. The Balaban J connectivity index is 2.05. The van der Waals surface area contributed by atoms with Crippen LogP contribution >= 0.6 is 11.6 Å². The molecule has 1 saturated heterocycles. The van der Waals surface area contributed by atoms with Crippen molar-refractivity contribution < 1.29 is 0 Å². The summed E-state index contributed by atoms with van der Waals surface area (Å²) >= 11 is 6.17. The van der Waals surface area contributed by atoms with E-state index in [9.17, 15) is 4.79 Å². The lowest BCUT2D eigenvalue weighted by atomic mass is 10.2. The molecule has 0 spiro atoms. The van der Waals surface area contributed by atoms with Crippen LogP contribution in [0.1, 0.15) is 25.7 Å². The van der Waals surface area contributed by atoms with E-state index in [0.717, 1.165) is 37.4 Å². The number of fused-ring (bicyclic) bond motifs is 3. The minimum atomic E-state index is -0.0843. The lowest BCUT2D eigenvalue weighted by Crippen LogP contribution is -2.27. The molecule has 1 aliphatic heterocycles. The summed E-state index contributed by atoms with van der Waals surface area (Å²) in [5, 5.41) is 9.86. The Bertz CT molecular complexity index is 937. The first kappa shape index (κ1) is 14.5.